The van der Waals surface area contributed by atoms with Gasteiger partial charge in [-0.15, -0.1) is 0 Å². The smallest absolute Gasteiger partial charge is 0.408 e. The summed E-state index contributed by atoms with van der Waals surface area (Å²) in [5.74, 6) is -0.426. The highest BCUT2D eigenvalue weighted by molar-refractivity contribution is 5.76. The van der Waals surface area contributed by atoms with Crippen LogP contribution in [-0.2, 0) is 0 Å². The molecule has 0 aliphatic heterocycles. The fraction of sp³-hybridized carbons (Fsp3) is 0.235. The maximum absolute atomic E-state index is 11.2. The van der Waals surface area contributed by atoms with Gasteiger partial charge in [-0.3, -0.25) is 4.98 Å². The fourth-order valence-electron chi connectivity index (χ4n) is 2.60. The molecule has 0 fully saturated rings. The lowest BCUT2D eigenvalue weighted by Crippen LogP contribution is -2.08. The lowest BCUT2D eigenvalue weighted by molar-refractivity contribution is 0.555. The second kappa shape index (κ2) is 5.13. The van der Waals surface area contributed by atoms with Crippen LogP contribution in [-0.4, -0.2) is 4.98 Å². The topological polar surface area (TPSA) is 58.0 Å². The first-order valence-electron chi connectivity index (χ1n) is 6.99. The van der Waals surface area contributed by atoms with Gasteiger partial charge in [0, 0.05) is 11.7 Å². The van der Waals surface area contributed by atoms with Crippen LogP contribution < -0.4 is 11.1 Å². The molecule has 1 heterocycles. The van der Waals surface area contributed by atoms with E-state index in [0.29, 0.717) is 11.1 Å². The highest BCUT2D eigenvalue weighted by Gasteiger charge is 2.10. The van der Waals surface area contributed by atoms with Crippen LogP contribution in [0.3, 0.4) is 0 Å². The van der Waals surface area contributed by atoms with Crippen molar-refractivity contribution in [2.45, 2.75) is 26.8 Å². The van der Waals surface area contributed by atoms with Crippen LogP contribution in [0.25, 0.3) is 11.1 Å². The summed E-state index contributed by atoms with van der Waals surface area (Å²) in [5, 5.41) is 3.46. The van der Waals surface area contributed by atoms with E-state index in [2.05, 4.69) is 49.3 Å². The van der Waals surface area contributed by atoms with Crippen LogP contribution in [0.15, 0.2) is 45.6 Å². The van der Waals surface area contributed by atoms with Gasteiger partial charge in [-0.05, 0) is 50.1 Å². The van der Waals surface area contributed by atoms with Crippen molar-refractivity contribution in [3.05, 3.63) is 63.6 Å². The summed E-state index contributed by atoms with van der Waals surface area (Å²) in [5.41, 5.74) is 6.02. The van der Waals surface area contributed by atoms with Crippen LogP contribution in [0.4, 0.5) is 5.69 Å². The number of oxazole rings is 1. The van der Waals surface area contributed by atoms with E-state index in [-0.39, 0.29) is 6.04 Å². The van der Waals surface area contributed by atoms with Crippen molar-refractivity contribution < 1.29 is 4.42 Å². The molecule has 0 bridgehead atoms. The van der Waals surface area contributed by atoms with Crippen LogP contribution in [0.5, 0.6) is 0 Å². The third kappa shape index (κ3) is 2.70. The van der Waals surface area contributed by atoms with E-state index in [0.717, 1.165) is 5.69 Å². The quantitative estimate of drug-likeness (QED) is 0.765. The summed E-state index contributed by atoms with van der Waals surface area (Å²) in [6, 6.07) is 12.2. The molecule has 0 radical (unpaired) electrons. The Morgan fingerprint density at radius 3 is 2.76 bits per heavy atom. The molecule has 0 saturated carbocycles. The zero-order valence-corrected chi connectivity index (χ0v) is 12.4. The first-order chi connectivity index (χ1) is 10.0. The van der Waals surface area contributed by atoms with Gasteiger partial charge in [0.1, 0.15) is 0 Å². The number of aromatic amines is 1. The van der Waals surface area contributed by atoms with Crippen LogP contribution in [0.1, 0.15) is 29.7 Å². The second-order valence-corrected chi connectivity index (χ2v) is 5.45. The van der Waals surface area contributed by atoms with Crippen molar-refractivity contribution in [3.63, 3.8) is 0 Å². The molecule has 4 nitrogen and oxygen atoms in total. The van der Waals surface area contributed by atoms with Crippen molar-refractivity contribution in [1.82, 2.24) is 4.98 Å². The van der Waals surface area contributed by atoms with Gasteiger partial charge in [0.25, 0.3) is 0 Å². The van der Waals surface area contributed by atoms with Crippen LogP contribution >= 0.6 is 0 Å². The summed E-state index contributed by atoms with van der Waals surface area (Å²) in [4.78, 5) is 13.9. The maximum atomic E-state index is 11.2. The van der Waals surface area contributed by atoms with Gasteiger partial charge in [0.15, 0.2) is 5.58 Å². The predicted molar refractivity (Wildman–Crippen MR) is 84.8 cm³/mol. The monoisotopic (exact) mass is 282 g/mol. The Labute approximate surface area is 122 Å². The molecular formula is C17H18N2O2. The molecule has 0 amide bonds. The predicted octanol–water partition coefficient (Wildman–Crippen LogP) is 3.91. The fourth-order valence-corrected chi connectivity index (χ4v) is 2.60. The first-order valence-corrected chi connectivity index (χ1v) is 6.99. The standard InChI is InChI=1S/C17H18N2O2/c1-10-4-5-11(2)14(8-10)12(3)18-13-6-7-16-15(9-13)19-17(20)21-16/h4-9,12,18H,1-3H3,(H,19,20). The Hall–Kier alpha value is -2.49. The van der Waals surface area contributed by atoms with E-state index in [4.69, 9.17) is 4.42 Å². The summed E-state index contributed by atoms with van der Waals surface area (Å²) >= 11 is 0. The molecule has 0 spiro atoms. The first kappa shape index (κ1) is 13.5. The van der Waals surface area contributed by atoms with Gasteiger partial charge in [-0.25, -0.2) is 4.79 Å². The Kier molecular flexibility index (Phi) is 3.29. The highest BCUT2D eigenvalue weighted by Crippen LogP contribution is 2.24. The zero-order chi connectivity index (χ0) is 15.0. The molecule has 0 aliphatic carbocycles. The van der Waals surface area contributed by atoms with E-state index in [1.165, 1.54) is 16.7 Å². The molecule has 0 saturated heterocycles. The molecule has 3 aromatic rings. The maximum Gasteiger partial charge on any atom is 0.417 e. The summed E-state index contributed by atoms with van der Waals surface area (Å²) < 4.78 is 5.01. The number of aromatic nitrogens is 1. The Bertz CT molecular complexity index is 845. The third-order valence-corrected chi connectivity index (χ3v) is 3.70. The van der Waals surface area contributed by atoms with Gasteiger partial charge < -0.3 is 9.73 Å². The van der Waals surface area contributed by atoms with Gasteiger partial charge in [-0.2, -0.15) is 0 Å². The van der Waals surface area contributed by atoms with Crippen molar-refractivity contribution in [2.24, 2.45) is 0 Å². The molecular weight excluding hydrogens is 264 g/mol. The average Bonchev–Trinajstić information content (AvgIpc) is 2.80. The Morgan fingerprint density at radius 2 is 1.95 bits per heavy atom. The van der Waals surface area contributed by atoms with Crippen molar-refractivity contribution in [2.75, 3.05) is 5.32 Å². The number of hydrogen-bond donors (Lipinski definition) is 2. The molecule has 3 rings (SSSR count). The zero-order valence-electron chi connectivity index (χ0n) is 12.4. The largest absolute Gasteiger partial charge is 0.417 e. The highest BCUT2D eigenvalue weighted by atomic mass is 16.4. The number of fused-ring (bicyclic) bond motifs is 1. The van der Waals surface area contributed by atoms with E-state index in [1.807, 2.05) is 12.1 Å². The minimum atomic E-state index is -0.426. The van der Waals surface area contributed by atoms with Crippen molar-refractivity contribution in [3.8, 4) is 0 Å². The molecule has 21 heavy (non-hydrogen) atoms. The summed E-state index contributed by atoms with van der Waals surface area (Å²) in [6.07, 6.45) is 0. The van der Waals surface area contributed by atoms with E-state index >= 15 is 0 Å². The van der Waals surface area contributed by atoms with Gasteiger partial charge >= 0.3 is 5.76 Å². The van der Waals surface area contributed by atoms with Crippen LogP contribution in [0.2, 0.25) is 0 Å². The number of nitrogens with one attached hydrogen (secondary N) is 2. The summed E-state index contributed by atoms with van der Waals surface area (Å²) in [6.45, 7) is 6.34. The number of benzene rings is 2. The van der Waals surface area contributed by atoms with Gasteiger partial charge in [-0.1, -0.05) is 23.8 Å². The normalized spacial score (nSPS) is 12.5. The average molecular weight is 282 g/mol. The second-order valence-electron chi connectivity index (χ2n) is 5.45. The van der Waals surface area contributed by atoms with E-state index in [9.17, 15) is 4.79 Å². The number of rotatable bonds is 3. The van der Waals surface area contributed by atoms with Gasteiger partial charge in [0.2, 0.25) is 0 Å². The van der Waals surface area contributed by atoms with Crippen molar-refractivity contribution >= 4 is 16.8 Å². The Balaban J connectivity index is 1.90. The van der Waals surface area contributed by atoms with Crippen LogP contribution in [0, 0.1) is 13.8 Å². The molecule has 2 aromatic carbocycles. The molecule has 4 heteroatoms. The Morgan fingerprint density at radius 1 is 1.14 bits per heavy atom. The number of anilines is 1. The minimum absolute atomic E-state index is 0.181. The molecule has 0 aliphatic rings. The third-order valence-electron chi connectivity index (χ3n) is 3.70. The van der Waals surface area contributed by atoms with Crippen molar-refractivity contribution in [1.29, 1.82) is 0 Å². The van der Waals surface area contributed by atoms with E-state index < -0.39 is 5.76 Å². The van der Waals surface area contributed by atoms with Gasteiger partial charge in [0.05, 0.1) is 5.52 Å². The SMILES string of the molecule is Cc1ccc(C)c(C(C)Nc2ccc3oc(=O)[nH]c3c2)c1. The molecule has 1 unspecified atom stereocenters. The number of hydrogen-bond acceptors (Lipinski definition) is 3. The number of H-pyrrole nitrogens is 1. The number of aryl methyl sites for hydroxylation is 2. The summed E-state index contributed by atoms with van der Waals surface area (Å²) in [7, 11) is 0. The lowest BCUT2D eigenvalue weighted by atomic mass is 10.00. The molecule has 108 valence electrons. The van der Waals surface area contributed by atoms with E-state index in [1.54, 1.807) is 6.07 Å². The minimum Gasteiger partial charge on any atom is -0.408 e. The molecule has 1 aromatic heterocycles. The molecule has 2 N–H and O–H groups in total. The lowest BCUT2D eigenvalue weighted by Gasteiger charge is -2.18. The molecule has 1 atom stereocenters.